The molecule has 0 saturated carbocycles. The summed E-state index contributed by atoms with van der Waals surface area (Å²) in [5.74, 6) is 0. The van der Waals surface area contributed by atoms with Crippen molar-refractivity contribution < 1.29 is 5.11 Å². The zero-order chi connectivity index (χ0) is 14.5. The highest BCUT2D eigenvalue weighted by Gasteiger charge is 2.09. The van der Waals surface area contributed by atoms with E-state index in [1.807, 2.05) is 17.1 Å². The number of pyridine rings is 1. The first-order valence-corrected chi connectivity index (χ1v) is 7.32. The smallest absolute Gasteiger partial charge is 0.157 e. The van der Waals surface area contributed by atoms with Crippen LogP contribution in [-0.2, 0) is 6.54 Å². The van der Waals surface area contributed by atoms with Gasteiger partial charge in [0.25, 0.3) is 0 Å². The molecule has 2 aromatic rings. The number of nitrogens with one attached hydrogen (secondary N) is 1. The molecule has 0 spiro atoms. The SMILES string of the molecule is CCC(CCO)NCc1cnc2c(cnn2C(C)C)c1. The normalized spacial score (nSPS) is 13.2. The molecule has 1 atom stereocenters. The van der Waals surface area contributed by atoms with E-state index < -0.39 is 0 Å². The number of aromatic nitrogens is 3. The van der Waals surface area contributed by atoms with Crippen LogP contribution in [0.1, 0.15) is 45.2 Å². The first kappa shape index (κ1) is 14.9. The van der Waals surface area contributed by atoms with E-state index in [1.165, 1.54) is 0 Å². The second-order valence-corrected chi connectivity index (χ2v) is 5.44. The van der Waals surface area contributed by atoms with Crippen LogP contribution < -0.4 is 5.32 Å². The lowest BCUT2D eigenvalue weighted by atomic mass is 10.1. The van der Waals surface area contributed by atoms with Gasteiger partial charge in [0.05, 0.1) is 6.20 Å². The van der Waals surface area contributed by atoms with Crippen molar-refractivity contribution in [2.24, 2.45) is 0 Å². The Bertz CT molecular complexity index is 550. The van der Waals surface area contributed by atoms with E-state index in [0.717, 1.165) is 36.0 Å². The molecule has 2 N–H and O–H groups in total. The summed E-state index contributed by atoms with van der Waals surface area (Å²) in [6, 6.07) is 2.81. The monoisotopic (exact) mass is 276 g/mol. The first-order chi connectivity index (χ1) is 9.65. The Balaban J connectivity index is 2.08. The lowest BCUT2D eigenvalue weighted by Gasteiger charge is -2.15. The average molecular weight is 276 g/mol. The molecule has 2 heterocycles. The van der Waals surface area contributed by atoms with Gasteiger partial charge in [-0.2, -0.15) is 5.10 Å². The summed E-state index contributed by atoms with van der Waals surface area (Å²) in [6.07, 6.45) is 5.58. The largest absolute Gasteiger partial charge is 0.396 e. The maximum Gasteiger partial charge on any atom is 0.157 e. The van der Waals surface area contributed by atoms with Gasteiger partial charge >= 0.3 is 0 Å². The van der Waals surface area contributed by atoms with Crippen LogP contribution in [0.25, 0.3) is 11.0 Å². The van der Waals surface area contributed by atoms with Crippen molar-refractivity contribution in [3.8, 4) is 0 Å². The second-order valence-electron chi connectivity index (χ2n) is 5.44. The molecule has 20 heavy (non-hydrogen) atoms. The Labute approximate surface area is 120 Å². The molecule has 0 aliphatic rings. The molecule has 0 radical (unpaired) electrons. The average Bonchev–Trinajstić information content (AvgIpc) is 2.86. The number of fused-ring (bicyclic) bond motifs is 1. The van der Waals surface area contributed by atoms with Crippen LogP contribution in [-0.4, -0.2) is 32.5 Å². The first-order valence-electron chi connectivity index (χ1n) is 7.32. The highest BCUT2D eigenvalue weighted by Crippen LogP contribution is 2.16. The molecule has 2 rings (SSSR count). The molecule has 0 aliphatic carbocycles. The summed E-state index contributed by atoms with van der Waals surface area (Å²) >= 11 is 0. The lowest BCUT2D eigenvalue weighted by molar-refractivity contribution is 0.262. The van der Waals surface area contributed by atoms with Gasteiger partial charge in [0.2, 0.25) is 0 Å². The molecule has 0 bridgehead atoms. The van der Waals surface area contributed by atoms with Crippen LogP contribution in [0.3, 0.4) is 0 Å². The third-order valence-corrected chi connectivity index (χ3v) is 3.54. The Hall–Kier alpha value is -1.46. The van der Waals surface area contributed by atoms with Crippen LogP contribution in [0.5, 0.6) is 0 Å². The van der Waals surface area contributed by atoms with Crippen LogP contribution in [0.15, 0.2) is 18.5 Å². The van der Waals surface area contributed by atoms with Crippen LogP contribution in [0.2, 0.25) is 0 Å². The molecular formula is C15H24N4O. The summed E-state index contributed by atoms with van der Waals surface area (Å²) in [5, 5.41) is 17.9. The van der Waals surface area contributed by atoms with Gasteiger partial charge in [-0.25, -0.2) is 9.67 Å². The molecule has 2 aromatic heterocycles. The summed E-state index contributed by atoms with van der Waals surface area (Å²) in [7, 11) is 0. The van der Waals surface area contributed by atoms with E-state index in [9.17, 15) is 0 Å². The minimum absolute atomic E-state index is 0.226. The highest BCUT2D eigenvalue weighted by molar-refractivity contribution is 5.75. The third kappa shape index (κ3) is 3.35. The number of aliphatic hydroxyl groups excluding tert-OH is 1. The van der Waals surface area contributed by atoms with E-state index in [1.54, 1.807) is 0 Å². The van der Waals surface area contributed by atoms with Gasteiger partial charge in [-0.1, -0.05) is 6.92 Å². The molecule has 0 saturated heterocycles. The molecule has 0 aromatic carbocycles. The van der Waals surface area contributed by atoms with Crippen molar-refractivity contribution in [3.05, 3.63) is 24.0 Å². The van der Waals surface area contributed by atoms with Crippen molar-refractivity contribution >= 4 is 11.0 Å². The van der Waals surface area contributed by atoms with Crippen molar-refractivity contribution in [3.63, 3.8) is 0 Å². The minimum Gasteiger partial charge on any atom is -0.396 e. The molecule has 0 amide bonds. The Morgan fingerprint density at radius 3 is 2.80 bits per heavy atom. The molecule has 0 aliphatic heterocycles. The van der Waals surface area contributed by atoms with Gasteiger partial charge in [-0.15, -0.1) is 0 Å². The van der Waals surface area contributed by atoms with E-state index in [4.69, 9.17) is 5.11 Å². The number of nitrogens with zero attached hydrogens (tertiary/aromatic N) is 3. The standard InChI is InChI=1S/C15H24N4O/c1-4-14(5-6-20)16-8-12-7-13-10-18-19(11(2)3)15(13)17-9-12/h7,9-11,14,16,20H,4-6,8H2,1-3H3. The van der Waals surface area contributed by atoms with Gasteiger partial charge in [-0.3, -0.25) is 0 Å². The summed E-state index contributed by atoms with van der Waals surface area (Å²) in [6.45, 7) is 7.33. The van der Waals surface area contributed by atoms with E-state index >= 15 is 0 Å². The van der Waals surface area contributed by atoms with Crippen molar-refractivity contribution in [2.45, 2.75) is 52.2 Å². The molecule has 110 valence electrons. The Morgan fingerprint density at radius 2 is 2.15 bits per heavy atom. The van der Waals surface area contributed by atoms with Gasteiger partial charge in [0.1, 0.15) is 0 Å². The molecule has 5 nitrogen and oxygen atoms in total. The molecular weight excluding hydrogens is 252 g/mol. The van der Waals surface area contributed by atoms with Crippen LogP contribution in [0, 0.1) is 0 Å². The predicted molar refractivity (Wildman–Crippen MR) is 80.5 cm³/mol. The van der Waals surface area contributed by atoms with Crippen molar-refractivity contribution in [1.82, 2.24) is 20.1 Å². The van der Waals surface area contributed by atoms with Crippen molar-refractivity contribution in [2.75, 3.05) is 6.61 Å². The van der Waals surface area contributed by atoms with Gasteiger partial charge in [0, 0.05) is 36.8 Å². The van der Waals surface area contributed by atoms with E-state index in [-0.39, 0.29) is 6.61 Å². The number of hydrogen-bond donors (Lipinski definition) is 2. The second kappa shape index (κ2) is 6.81. The van der Waals surface area contributed by atoms with Crippen LogP contribution >= 0.6 is 0 Å². The Kier molecular flexibility index (Phi) is 5.09. The minimum atomic E-state index is 0.226. The fourth-order valence-electron chi connectivity index (χ4n) is 2.33. The summed E-state index contributed by atoms with van der Waals surface area (Å²) < 4.78 is 1.94. The Morgan fingerprint density at radius 1 is 1.35 bits per heavy atom. The van der Waals surface area contributed by atoms with E-state index in [0.29, 0.717) is 12.1 Å². The number of hydrogen-bond acceptors (Lipinski definition) is 4. The molecule has 0 fully saturated rings. The predicted octanol–water partition coefficient (Wildman–Crippen LogP) is 2.26. The quantitative estimate of drug-likeness (QED) is 0.814. The zero-order valence-electron chi connectivity index (χ0n) is 12.5. The fraction of sp³-hybridized carbons (Fsp3) is 0.600. The van der Waals surface area contributed by atoms with Gasteiger partial charge in [-0.05, 0) is 38.3 Å². The zero-order valence-corrected chi connectivity index (χ0v) is 12.5. The number of rotatable bonds is 7. The highest BCUT2D eigenvalue weighted by atomic mass is 16.3. The maximum atomic E-state index is 9.00. The number of aliphatic hydroxyl groups is 1. The molecule has 5 heteroatoms. The topological polar surface area (TPSA) is 63.0 Å². The maximum absolute atomic E-state index is 9.00. The fourth-order valence-corrected chi connectivity index (χ4v) is 2.33. The summed E-state index contributed by atoms with van der Waals surface area (Å²) in [4.78, 5) is 4.52. The lowest BCUT2D eigenvalue weighted by Crippen LogP contribution is -2.28. The third-order valence-electron chi connectivity index (χ3n) is 3.54. The summed E-state index contributed by atoms with van der Waals surface area (Å²) in [5.41, 5.74) is 2.09. The van der Waals surface area contributed by atoms with Crippen LogP contribution in [0.4, 0.5) is 0 Å². The van der Waals surface area contributed by atoms with Crippen molar-refractivity contribution in [1.29, 1.82) is 0 Å². The van der Waals surface area contributed by atoms with Gasteiger partial charge in [0.15, 0.2) is 5.65 Å². The molecule has 1 unspecified atom stereocenters. The van der Waals surface area contributed by atoms with E-state index in [2.05, 4.69) is 42.2 Å². The van der Waals surface area contributed by atoms with Gasteiger partial charge < -0.3 is 10.4 Å².